The van der Waals surface area contributed by atoms with Gasteiger partial charge >= 0.3 is 0 Å². The van der Waals surface area contributed by atoms with Crippen LogP contribution in [0.3, 0.4) is 0 Å². The fourth-order valence-electron chi connectivity index (χ4n) is 2.27. The maximum Gasteiger partial charge on any atom is 0.262 e. The zero-order valence-corrected chi connectivity index (χ0v) is 14.7. The van der Waals surface area contributed by atoms with E-state index in [-0.39, 0.29) is 16.3 Å². The first-order valence-electron chi connectivity index (χ1n) is 6.83. The molecular weight excluding hydrogens is 376 g/mol. The predicted molar refractivity (Wildman–Crippen MR) is 98.7 cm³/mol. The second-order valence-corrected chi connectivity index (χ2v) is 7.00. The van der Waals surface area contributed by atoms with Crippen molar-refractivity contribution < 1.29 is 9.59 Å². The molecule has 2 heterocycles. The fraction of sp³-hybridized carbons (Fsp3) is 0.0588. The Morgan fingerprint density at radius 2 is 2.17 bits per heavy atom. The van der Waals surface area contributed by atoms with Crippen LogP contribution >= 0.6 is 27.3 Å². The van der Waals surface area contributed by atoms with Gasteiger partial charge in [0.05, 0.1) is 10.1 Å². The van der Waals surface area contributed by atoms with E-state index in [2.05, 4.69) is 33.1 Å². The number of aryl methyl sites for hydroxylation is 1. The number of halogens is 1. The molecule has 0 saturated carbocycles. The highest BCUT2D eigenvalue weighted by molar-refractivity contribution is 9.12. The Labute approximate surface area is 146 Å². The van der Waals surface area contributed by atoms with Gasteiger partial charge in [-0.2, -0.15) is 0 Å². The third-order valence-corrected chi connectivity index (χ3v) is 4.81. The van der Waals surface area contributed by atoms with Crippen LogP contribution in [-0.4, -0.2) is 11.8 Å². The molecule has 4 nitrogen and oxygen atoms in total. The maximum atomic E-state index is 12.2. The number of amides is 2. The van der Waals surface area contributed by atoms with E-state index < -0.39 is 0 Å². The monoisotopic (exact) mass is 388 g/mol. The summed E-state index contributed by atoms with van der Waals surface area (Å²) in [6.45, 7) is 5.55. The van der Waals surface area contributed by atoms with Crippen molar-refractivity contribution in [3.05, 3.63) is 56.7 Å². The molecule has 1 aliphatic rings. The summed E-state index contributed by atoms with van der Waals surface area (Å²) in [5, 5.41) is 7.56. The Hall–Kier alpha value is -2.18. The number of thiophene rings is 1. The summed E-state index contributed by atoms with van der Waals surface area (Å²) in [5.41, 5.74) is 3.86. The van der Waals surface area contributed by atoms with Crippen LogP contribution in [0.2, 0.25) is 0 Å². The first-order chi connectivity index (χ1) is 11.0. The molecule has 0 aliphatic carbocycles. The maximum absolute atomic E-state index is 12.2. The lowest BCUT2D eigenvalue weighted by molar-refractivity contribution is -0.112. The van der Waals surface area contributed by atoms with Gasteiger partial charge in [-0.05, 0) is 64.1 Å². The first kappa shape index (κ1) is 15.7. The van der Waals surface area contributed by atoms with Gasteiger partial charge in [0.25, 0.3) is 11.8 Å². The summed E-state index contributed by atoms with van der Waals surface area (Å²) < 4.78 is 0.247. The van der Waals surface area contributed by atoms with Gasteiger partial charge in [0.2, 0.25) is 0 Å². The van der Waals surface area contributed by atoms with E-state index in [1.54, 1.807) is 29.5 Å². The van der Waals surface area contributed by atoms with Gasteiger partial charge in [-0.25, -0.2) is 0 Å². The van der Waals surface area contributed by atoms with Crippen LogP contribution in [0.15, 0.2) is 40.7 Å². The third kappa shape index (κ3) is 3.13. The minimum atomic E-state index is -0.318. The van der Waals surface area contributed by atoms with Crippen LogP contribution < -0.4 is 10.6 Å². The molecule has 1 aromatic carbocycles. The summed E-state index contributed by atoms with van der Waals surface area (Å²) in [6.07, 6.45) is 1.89. The van der Waals surface area contributed by atoms with Gasteiger partial charge in [-0.3, -0.25) is 9.59 Å². The summed E-state index contributed by atoms with van der Waals surface area (Å²) in [5.74, 6) is -0.456. The average molecular weight is 389 g/mol. The largest absolute Gasteiger partial charge is 0.322 e. The quantitative estimate of drug-likeness (QED) is 0.765. The topological polar surface area (TPSA) is 58.2 Å². The minimum Gasteiger partial charge on any atom is -0.322 e. The highest BCUT2D eigenvalue weighted by Crippen LogP contribution is 2.36. The molecule has 0 unspecified atom stereocenters. The normalized spacial score (nSPS) is 14.5. The van der Waals surface area contributed by atoms with Crippen LogP contribution in [0.5, 0.6) is 0 Å². The molecule has 0 radical (unpaired) electrons. The lowest BCUT2D eigenvalue weighted by Gasteiger charge is -2.06. The molecule has 1 aliphatic heterocycles. The van der Waals surface area contributed by atoms with Crippen LogP contribution in [0.25, 0.3) is 11.6 Å². The zero-order valence-electron chi connectivity index (χ0n) is 12.3. The van der Waals surface area contributed by atoms with Gasteiger partial charge in [-0.1, -0.05) is 6.58 Å². The molecular formula is C17H13BrN2O2S. The van der Waals surface area contributed by atoms with E-state index in [1.165, 1.54) is 0 Å². The Balaban J connectivity index is 2.00. The second-order valence-electron chi connectivity index (χ2n) is 5.10. The summed E-state index contributed by atoms with van der Waals surface area (Å²) in [7, 11) is 0. The van der Waals surface area contributed by atoms with E-state index in [0.717, 1.165) is 21.7 Å². The number of rotatable bonds is 3. The molecule has 0 fully saturated rings. The number of carbonyl (C=O) groups excluding carboxylic acids is 2. The summed E-state index contributed by atoms with van der Waals surface area (Å²) in [4.78, 5) is 25.0. The molecule has 116 valence electrons. The van der Waals surface area contributed by atoms with E-state index in [9.17, 15) is 9.59 Å². The van der Waals surface area contributed by atoms with Gasteiger partial charge in [0.1, 0.15) is 0 Å². The van der Waals surface area contributed by atoms with Crippen molar-refractivity contribution in [1.29, 1.82) is 0 Å². The van der Waals surface area contributed by atoms with E-state index in [4.69, 9.17) is 0 Å². The Morgan fingerprint density at radius 1 is 1.39 bits per heavy atom. The van der Waals surface area contributed by atoms with Crippen LogP contribution in [0.1, 0.15) is 16.0 Å². The van der Waals surface area contributed by atoms with E-state index >= 15 is 0 Å². The van der Waals surface area contributed by atoms with E-state index in [1.807, 2.05) is 24.4 Å². The van der Waals surface area contributed by atoms with Gasteiger partial charge in [-0.15, -0.1) is 11.3 Å². The van der Waals surface area contributed by atoms with Crippen molar-refractivity contribution in [2.75, 3.05) is 10.6 Å². The Bertz CT molecular complexity index is 867. The minimum absolute atomic E-state index is 0.138. The SMILES string of the molecule is C=C(Br)C(=O)Nc1ccc2c(c1)/C(=C/c1sccc1C)C(=O)N2. The zero-order chi connectivity index (χ0) is 16.6. The number of hydrogen-bond donors (Lipinski definition) is 2. The van der Waals surface area contributed by atoms with Crippen molar-refractivity contribution in [1.82, 2.24) is 0 Å². The smallest absolute Gasteiger partial charge is 0.262 e. The third-order valence-electron chi connectivity index (χ3n) is 3.48. The highest BCUT2D eigenvalue weighted by atomic mass is 79.9. The fourth-order valence-corrected chi connectivity index (χ4v) is 3.23. The molecule has 0 spiro atoms. The van der Waals surface area contributed by atoms with Gasteiger partial charge < -0.3 is 10.6 Å². The lowest BCUT2D eigenvalue weighted by atomic mass is 10.0. The number of fused-ring (bicyclic) bond motifs is 1. The van der Waals surface area contributed by atoms with Gasteiger partial charge in [0, 0.05) is 21.8 Å². The van der Waals surface area contributed by atoms with Crippen LogP contribution in [-0.2, 0) is 9.59 Å². The molecule has 1 aromatic heterocycles. The number of hydrogen-bond acceptors (Lipinski definition) is 3. The molecule has 2 amide bonds. The average Bonchev–Trinajstić information content (AvgIpc) is 3.04. The number of nitrogens with one attached hydrogen (secondary N) is 2. The molecule has 2 aromatic rings. The van der Waals surface area contributed by atoms with Crippen molar-refractivity contribution in [2.24, 2.45) is 0 Å². The van der Waals surface area contributed by atoms with Crippen LogP contribution in [0.4, 0.5) is 11.4 Å². The first-order valence-corrected chi connectivity index (χ1v) is 8.50. The molecule has 0 saturated heterocycles. The Kier molecular flexibility index (Phi) is 4.19. The highest BCUT2D eigenvalue weighted by Gasteiger charge is 2.25. The number of carbonyl (C=O) groups is 2. The summed E-state index contributed by atoms with van der Waals surface area (Å²) >= 11 is 4.63. The molecule has 23 heavy (non-hydrogen) atoms. The standard InChI is InChI=1S/C17H13BrN2O2S/c1-9-5-6-23-15(9)8-13-12-7-11(19-16(21)10(2)18)3-4-14(12)20-17(13)22/h3-8H,2H2,1H3,(H,19,21)(H,20,22)/b13-8-. The molecule has 0 atom stereocenters. The van der Waals surface area contributed by atoms with E-state index in [0.29, 0.717) is 11.3 Å². The molecule has 0 bridgehead atoms. The van der Waals surface area contributed by atoms with Crippen LogP contribution in [0, 0.1) is 6.92 Å². The van der Waals surface area contributed by atoms with Crippen molar-refractivity contribution in [3.63, 3.8) is 0 Å². The Morgan fingerprint density at radius 3 is 2.83 bits per heavy atom. The lowest BCUT2D eigenvalue weighted by Crippen LogP contribution is -2.10. The number of anilines is 2. The predicted octanol–water partition coefficient (Wildman–Crippen LogP) is 4.40. The van der Waals surface area contributed by atoms with Crippen molar-refractivity contribution >= 4 is 62.1 Å². The van der Waals surface area contributed by atoms with Crippen molar-refractivity contribution in [3.8, 4) is 0 Å². The second kappa shape index (κ2) is 6.14. The van der Waals surface area contributed by atoms with Gasteiger partial charge in [0.15, 0.2) is 0 Å². The summed E-state index contributed by atoms with van der Waals surface area (Å²) in [6, 6.07) is 7.33. The molecule has 3 rings (SSSR count). The molecule has 2 N–H and O–H groups in total. The molecule has 6 heteroatoms. The number of benzene rings is 1. The van der Waals surface area contributed by atoms with Crippen molar-refractivity contribution in [2.45, 2.75) is 6.92 Å².